The van der Waals surface area contributed by atoms with Gasteiger partial charge in [0.2, 0.25) is 0 Å². The number of hydrogen-bond acceptors (Lipinski definition) is 2. The normalized spacial score (nSPS) is 12.9. The second-order valence-electron chi connectivity index (χ2n) is 14.5. The molecule has 10 rings (SSSR count). The SMILES string of the molecule is CC1(C)c2ccccc2-c2ccc(N(c3ccc(-c4ccccc4-c4ccccc4)cc3)c3ccc4c(sc5ccccc54)c3-c3ccccc3)cc21. The smallest absolute Gasteiger partial charge is 0.0554 e. The molecule has 2 heteroatoms. The molecule has 1 nitrogen and oxygen atoms in total. The molecule has 0 fully saturated rings. The van der Waals surface area contributed by atoms with Crippen LogP contribution in [0, 0.1) is 0 Å². The molecule has 1 aliphatic carbocycles. The van der Waals surface area contributed by atoms with Gasteiger partial charge in [-0.2, -0.15) is 0 Å². The van der Waals surface area contributed by atoms with Crippen LogP contribution < -0.4 is 4.90 Å². The summed E-state index contributed by atoms with van der Waals surface area (Å²) in [6.07, 6.45) is 0. The fourth-order valence-corrected chi connectivity index (χ4v) is 9.77. The Kier molecular flexibility index (Phi) is 7.42. The minimum Gasteiger partial charge on any atom is -0.310 e. The lowest BCUT2D eigenvalue weighted by molar-refractivity contribution is 0.660. The first-order chi connectivity index (χ1) is 26.1. The van der Waals surface area contributed by atoms with Crippen molar-refractivity contribution in [3.63, 3.8) is 0 Å². The maximum atomic E-state index is 2.48. The zero-order valence-corrected chi connectivity index (χ0v) is 30.6. The number of rotatable bonds is 6. The first-order valence-corrected chi connectivity index (χ1v) is 19.2. The van der Waals surface area contributed by atoms with Crippen LogP contribution in [-0.2, 0) is 5.41 Å². The van der Waals surface area contributed by atoms with Crippen LogP contribution in [0.1, 0.15) is 25.0 Å². The molecular formula is C51H37NS. The number of nitrogens with zero attached hydrogens (tertiary/aromatic N) is 1. The van der Waals surface area contributed by atoms with E-state index < -0.39 is 0 Å². The summed E-state index contributed by atoms with van der Waals surface area (Å²) in [5, 5.41) is 2.60. The Hall–Kier alpha value is -6.22. The third-order valence-corrected chi connectivity index (χ3v) is 12.3. The first-order valence-electron chi connectivity index (χ1n) is 18.4. The van der Waals surface area contributed by atoms with E-state index in [0.29, 0.717) is 0 Å². The fourth-order valence-electron chi connectivity index (χ4n) is 8.50. The lowest BCUT2D eigenvalue weighted by Crippen LogP contribution is -2.17. The summed E-state index contributed by atoms with van der Waals surface area (Å²) in [6, 6.07) is 69.0. The molecule has 1 heterocycles. The average Bonchev–Trinajstić information content (AvgIpc) is 3.70. The summed E-state index contributed by atoms with van der Waals surface area (Å²) in [6.45, 7) is 4.73. The molecule has 1 aromatic heterocycles. The van der Waals surface area contributed by atoms with Crippen molar-refractivity contribution in [1.29, 1.82) is 0 Å². The van der Waals surface area contributed by atoms with E-state index in [9.17, 15) is 0 Å². The van der Waals surface area contributed by atoms with Crippen molar-refractivity contribution in [1.82, 2.24) is 0 Å². The highest BCUT2D eigenvalue weighted by Gasteiger charge is 2.36. The van der Waals surface area contributed by atoms with Crippen LogP contribution in [0.3, 0.4) is 0 Å². The number of hydrogen-bond donors (Lipinski definition) is 0. The van der Waals surface area contributed by atoms with Crippen molar-refractivity contribution in [3.05, 3.63) is 199 Å². The fraction of sp³-hybridized carbons (Fsp3) is 0.0588. The summed E-state index contributed by atoms with van der Waals surface area (Å²) in [5.41, 5.74) is 16.1. The van der Waals surface area contributed by atoms with E-state index in [2.05, 4.69) is 207 Å². The van der Waals surface area contributed by atoms with E-state index in [1.54, 1.807) is 0 Å². The molecule has 8 aromatic carbocycles. The van der Waals surface area contributed by atoms with Crippen LogP contribution in [0.25, 0.3) is 64.7 Å². The molecule has 0 atom stereocenters. The molecule has 0 saturated carbocycles. The van der Waals surface area contributed by atoms with Gasteiger partial charge < -0.3 is 4.90 Å². The molecule has 0 aliphatic heterocycles. The van der Waals surface area contributed by atoms with Crippen molar-refractivity contribution >= 4 is 48.6 Å². The minimum atomic E-state index is -0.115. The maximum absolute atomic E-state index is 2.48. The Bertz CT molecular complexity index is 2790. The standard InChI is InChI=1S/C51H37NS/c1-51(2)45-23-13-11-21-41(45)42-30-29-38(33-46(42)51)52(37-27-25-35(26-28-37)40-20-10-9-19-39(40)34-15-5-3-6-16-34)47-32-31-44-43-22-12-14-24-48(43)53-50(44)49(47)36-17-7-4-8-18-36/h3-33H,1-2H3. The predicted molar refractivity (Wildman–Crippen MR) is 228 cm³/mol. The Morgan fingerprint density at radius 2 is 0.981 bits per heavy atom. The van der Waals surface area contributed by atoms with Gasteiger partial charge in [-0.15, -0.1) is 11.3 Å². The van der Waals surface area contributed by atoms with E-state index >= 15 is 0 Å². The van der Waals surface area contributed by atoms with Gasteiger partial charge in [0.25, 0.3) is 0 Å². The highest BCUT2D eigenvalue weighted by molar-refractivity contribution is 7.26. The molecule has 0 radical (unpaired) electrons. The van der Waals surface area contributed by atoms with Crippen LogP contribution in [0.4, 0.5) is 17.1 Å². The van der Waals surface area contributed by atoms with Crippen molar-refractivity contribution in [2.75, 3.05) is 4.90 Å². The highest BCUT2D eigenvalue weighted by atomic mass is 32.1. The predicted octanol–water partition coefficient (Wildman–Crippen LogP) is 14.8. The van der Waals surface area contributed by atoms with Gasteiger partial charge in [0.05, 0.1) is 5.69 Å². The highest BCUT2D eigenvalue weighted by Crippen LogP contribution is 2.53. The van der Waals surface area contributed by atoms with Gasteiger partial charge in [0, 0.05) is 42.5 Å². The molecular weight excluding hydrogens is 659 g/mol. The monoisotopic (exact) mass is 695 g/mol. The van der Waals surface area contributed by atoms with E-state index in [1.165, 1.54) is 81.5 Å². The van der Waals surface area contributed by atoms with Gasteiger partial charge in [-0.3, -0.25) is 0 Å². The van der Waals surface area contributed by atoms with E-state index in [1.807, 2.05) is 11.3 Å². The van der Waals surface area contributed by atoms with Crippen molar-refractivity contribution in [2.45, 2.75) is 19.3 Å². The van der Waals surface area contributed by atoms with Gasteiger partial charge in [0.1, 0.15) is 0 Å². The quantitative estimate of drug-likeness (QED) is 0.167. The Morgan fingerprint density at radius 1 is 0.415 bits per heavy atom. The first kappa shape index (κ1) is 31.5. The number of anilines is 3. The van der Waals surface area contributed by atoms with Gasteiger partial charge in [-0.25, -0.2) is 0 Å². The largest absolute Gasteiger partial charge is 0.310 e. The van der Waals surface area contributed by atoms with Crippen LogP contribution in [-0.4, -0.2) is 0 Å². The molecule has 252 valence electrons. The zero-order valence-electron chi connectivity index (χ0n) is 29.8. The second-order valence-corrected chi connectivity index (χ2v) is 15.5. The van der Waals surface area contributed by atoms with Gasteiger partial charge in [-0.05, 0) is 86.5 Å². The van der Waals surface area contributed by atoms with Crippen molar-refractivity contribution in [3.8, 4) is 44.5 Å². The molecule has 0 bridgehead atoms. The maximum Gasteiger partial charge on any atom is 0.0554 e. The minimum absolute atomic E-state index is 0.115. The Balaban J connectivity index is 1.20. The van der Waals surface area contributed by atoms with Crippen molar-refractivity contribution < 1.29 is 0 Å². The van der Waals surface area contributed by atoms with E-state index in [0.717, 1.165) is 11.4 Å². The molecule has 1 aliphatic rings. The molecule has 53 heavy (non-hydrogen) atoms. The summed E-state index contributed by atoms with van der Waals surface area (Å²) in [4.78, 5) is 2.48. The van der Waals surface area contributed by atoms with E-state index in [4.69, 9.17) is 0 Å². The van der Waals surface area contributed by atoms with Gasteiger partial charge in [0.15, 0.2) is 0 Å². The average molecular weight is 696 g/mol. The number of thiophene rings is 1. The van der Waals surface area contributed by atoms with Gasteiger partial charge in [-0.1, -0.05) is 166 Å². The molecule has 0 N–H and O–H groups in total. The molecule has 9 aromatic rings. The lowest BCUT2D eigenvalue weighted by Gasteiger charge is -2.30. The number of fused-ring (bicyclic) bond motifs is 6. The summed E-state index contributed by atoms with van der Waals surface area (Å²) < 4.78 is 2.61. The van der Waals surface area contributed by atoms with Crippen LogP contribution in [0.5, 0.6) is 0 Å². The zero-order chi connectivity index (χ0) is 35.5. The van der Waals surface area contributed by atoms with Crippen LogP contribution in [0.2, 0.25) is 0 Å². The lowest BCUT2D eigenvalue weighted by atomic mass is 9.82. The Morgan fingerprint density at radius 3 is 1.72 bits per heavy atom. The molecule has 0 spiro atoms. The molecule has 0 saturated heterocycles. The Labute approximate surface area is 315 Å². The van der Waals surface area contributed by atoms with Crippen LogP contribution in [0.15, 0.2) is 188 Å². The third kappa shape index (κ3) is 5.13. The topological polar surface area (TPSA) is 3.24 Å². The number of benzene rings is 8. The summed E-state index contributed by atoms with van der Waals surface area (Å²) >= 11 is 1.89. The third-order valence-electron chi connectivity index (χ3n) is 11.1. The van der Waals surface area contributed by atoms with Crippen molar-refractivity contribution in [2.24, 2.45) is 0 Å². The summed E-state index contributed by atoms with van der Waals surface area (Å²) in [5.74, 6) is 0. The van der Waals surface area contributed by atoms with Gasteiger partial charge >= 0.3 is 0 Å². The second kappa shape index (κ2) is 12.5. The molecule has 0 amide bonds. The van der Waals surface area contributed by atoms with Crippen LogP contribution >= 0.6 is 11.3 Å². The summed E-state index contributed by atoms with van der Waals surface area (Å²) in [7, 11) is 0. The van der Waals surface area contributed by atoms with E-state index in [-0.39, 0.29) is 5.41 Å². The molecule has 0 unspecified atom stereocenters.